The normalized spacial score (nSPS) is 24.5. The third-order valence-corrected chi connectivity index (χ3v) is 3.99. The molecular formula is C17H21F4NO3. The summed E-state index contributed by atoms with van der Waals surface area (Å²) in [6, 6.07) is 2.94. The molecule has 0 spiro atoms. The number of hydrogen-bond acceptors (Lipinski definition) is 3. The number of halogens is 4. The van der Waals surface area contributed by atoms with Crippen LogP contribution in [0.1, 0.15) is 38.3 Å². The van der Waals surface area contributed by atoms with E-state index in [1.54, 1.807) is 20.8 Å². The molecule has 1 saturated heterocycles. The predicted octanol–water partition coefficient (Wildman–Crippen LogP) is 3.87. The summed E-state index contributed by atoms with van der Waals surface area (Å²) >= 11 is 0. The lowest BCUT2D eigenvalue weighted by molar-refractivity contribution is -0.137. The number of carbonyl (C=O) groups is 1. The smallest absolute Gasteiger partial charge is 0.416 e. The van der Waals surface area contributed by atoms with Gasteiger partial charge in [-0.25, -0.2) is 9.18 Å². The standard InChI is InChI=1S/C17H21F4NO3/c1-15(2,3)25-14(24)22-10-16(18,8-13(22)9-23)11-4-6-12(7-5-11)17(19,20)21/h4-7,13,23H,8-10H2,1-3H3. The van der Waals surface area contributed by atoms with Gasteiger partial charge in [0.25, 0.3) is 0 Å². The van der Waals surface area contributed by atoms with Crippen molar-refractivity contribution in [2.75, 3.05) is 13.2 Å². The van der Waals surface area contributed by atoms with E-state index in [-0.39, 0.29) is 12.0 Å². The number of carbonyl (C=O) groups excluding carboxylic acids is 1. The zero-order valence-electron chi connectivity index (χ0n) is 14.2. The van der Waals surface area contributed by atoms with Crippen molar-refractivity contribution < 1.29 is 32.2 Å². The van der Waals surface area contributed by atoms with E-state index >= 15 is 4.39 Å². The van der Waals surface area contributed by atoms with E-state index in [4.69, 9.17) is 4.74 Å². The van der Waals surface area contributed by atoms with Gasteiger partial charge in [0.2, 0.25) is 0 Å². The fourth-order valence-corrected chi connectivity index (χ4v) is 2.81. The molecule has 0 saturated carbocycles. The van der Waals surface area contributed by atoms with Crippen LogP contribution in [0.5, 0.6) is 0 Å². The van der Waals surface area contributed by atoms with Crippen LogP contribution in [0, 0.1) is 0 Å². The van der Waals surface area contributed by atoms with E-state index in [2.05, 4.69) is 0 Å². The largest absolute Gasteiger partial charge is 0.444 e. The van der Waals surface area contributed by atoms with Crippen LogP contribution < -0.4 is 0 Å². The molecule has 2 atom stereocenters. The molecule has 1 N–H and O–H groups in total. The van der Waals surface area contributed by atoms with E-state index in [1.165, 1.54) is 0 Å². The monoisotopic (exact) mass is 363 g/mol. The number of alkyl halides is 4. The topological polar surface area (TPSA) is 49.8 Å². The molecule has 1 amide bonds. The van der Waals surface area contributed by atoms with Crippen molar-refractivity contribution >= 4 is 6.09 Å². The first-order valence-corrected chi connectivity index (χ1v) is 7.83. The Morgan fingerprint density at radius 1 is 1.28 bits per heavy atom. The first-order valence-electron chi connectivity index (χ1n) is 7.83. The van der Waals surface area contributed by atoms with Gasteiger partial charge in [0.1, 0.15) is 5.60 Å². The number of aliphatic hydroxyl groups is 1. The molecule has 1 aliphatic heterocycles. The summed E-state index contributed by atoms with van der Waals surface area (Å²) < 4.78 is 58.4. The van der Waals surface area contributed by atoms with Gasteiger partial charge < -0.3 is 9.84 Å². The van der Waals surface area contributed by atoms with Gasteiger partial charge in [0.05, 0.1) is 24.8 Å². The summed E-state index contributed by atoms with van der Waals surface area (Å²) in [5.74, 6) is 0. The number of rotatable bonds is 2. The third-order valence-electron chi connectivity index (χ3n) is 3.99. The maximum absolute atomic E-state index is 15.3. The molecule has 0 aliphatic carbocycles. The van der Waals surface area contributed by atoms with Crippen molar-refractivity contribution in [3.8, 4) is 0 Å². The number of amides is 1. The van der Waals surface area contributed by atoms with Crippen LogP contribution in [0.3, 0.4) is 0 Å². The van der Waals surface area contributed by atoms with Crippen molar-refractivity contribution in [1.29, 1.82) is 0 Å². The number of aliphatic hydroxyl groups excluding tert-OH is 1. The second-order valence-electron chi connectivity index (χ2n) is 7.19. The minimum Gasteiger partial charge on any atom is -0.444 e. The molecule has 0 radical (unpaired) electrons. The fraction of sp³-hybridized carbons (Fsp3) is 0.588. The molecule has 1 fully saturated rings. The molecule has 1 aliphatic rings. The highest BCUT2D eigenvalue weighted by atomic mass is 19.4. The number of likely N-dealkylation sites (tertiary alicyclic amines) is 1. The number of hydrogen-bond donors (Lipinski definition) is 1. The van der Waals surface area contributed by atoms with E-state index in [9.17, 15) is 23.1 Å². The fourth-order valence-electron chi connectivity index (χ4n) is 2.81. The summed E-state index contributed by atoms with van der Waals surface area (Å²) in [4.78, 5) is 13.3. The van der Waals surface area contributed by atoms with Crippen LogP contribution >= 0.6 is 0 Å². The zero-order valence-corrected chi connectivity index (χ0v) is 14.2. The lowest BCUT2D eigenvalue weighted by atomic mass is 9.92. The molecule has 8 heteroatoms. The highest BCUT2D eigenvalue weighted by Crippen LogP contribution is 2.41. The maximum atomic E-state index is 15.3. The minimum atomic E-state index is -4.51. The molecule has 2 unspecified atom stereocenters. The SMILES string of the molecule is CC(C)(C)OC(=O)N1CC(F)(c2ccc(C(F)(F)F)cc2)CC1CO. The van der Waals surface area contributed by atoms with Crippen molar-refractivity contribution in [2.45, 2.75) is 50.7 Å². The average molecular weight is 363 g/mol. The summed E-state index contributed by atoms with van der Waals surface area (Å²) in [6.45, 7) is 4.12. The van der Waals surface area contributed by atoms with Gasteiger partial charge in [-0.2, -0.15) is 13.2 Å². The Bertz CT molecular complexity index is 624. The summed E-state index contributed by atoms with van der Waals surface area (Å²) in [7, 11) is 0. The maximum Gasteiger partial charge on any atom is 0.416 e. The average Bonchev–Trinajstić information content (AvgIpc) is 2.83. The lowest BCUT2D eigenvalue weighted by Crippen LogP contribution is -2.41. The van der Waals surface area contributed by atoms with Crippen LogP contribution in [0.4, 0.5) is 22.4 Å². The van der Waals surface area contributed by atoms with E-state index < -0.39 is 48.3 Å². The summed E-state index contributed by atoms with van der Waals surface area (Å²) in [5, 5.41) is 9.45. The Labute approximate surface area is 143 Å². The van der Waals surface area contributed by atoms with Crippen molar-refractivity contribution in [3.63, 3.8) is 0 Å². The molecule has 140 valence electrons. The summed E-state index contributed by atoms with van der Waals surface area (Å²) in [6.07, 6.45) is -5.49. The molecule has 0 aromatic heterocycles. The zero-order chi connectivity index (χ0) is 19.0. The number of benzene rings is 1. The van der Waals surface area contributed by atoms with Crippen LogP contribution in [0.2, 0.25) is 0 Å². The Morgan fingerprint density at radius 2 is 1.84 bits per heavy atom. The Morgan fingerprint density at radius 3 is 2.28 bits per heavy atom. The van der Waals surface area contributed by atoms with Gasteiger partial charge in [-0.1, -0.05) is 12.1 Å². The van der Waals surface area contributed by atoms with Crippen LogP contribution in [0.15, 0.2) is 24.3 Å². The quantitative estimate of drug-likeness (QED) is 0.812. The summed E-state index contributed by atoms with van der Waals surface area (Å²) in [5.41, 5.74) is -3.67. The van der Waals surface area contributed by atoms with Crippen molar-refractivity contribution in [1.82, 2.24) is 4.90 Å². The third kappa shape index (κ3) is 4.42. The van der Waals surface area contributed by atoms with E-state index in [0.717, 1.165) is 29.2 Å². The molecule has 4 nitrogen and oxygen atoms in total. The molecule has 1 aromatic carbocycles. The molecule has 2 rings (SSSR count). The lowest BCUT2D eigenvalue weighted by Gasteiger charge is -2.27. The van der Waals surface area contributed by atoms with Crippen LogP contribution in [0.25, 0.3) is 0 Å². The van der Waals surface area contributed by atoms with Crippen molar-refractivity contribution in [3.05, 3.63) is 35.4 Å². The van der Waals surface area contributed by atoms with Crippen LogP contribution in [-0.4, -0.2) is 40.9 Å². The Hall–Kier alpha value is -1.83. The van der Waals surface area contributed by atoms with Crippen LogP contribution in [-0.2, 0) is 16.6 Å². The predicted molar refractivity (Wildman–Crippen MR) is 82.7 cm³/mol. The van der Waals surface area contributed by atoms with E-state index in [1.807, 2.05) is 0 Å². The second-order valence-corrected chi connectivity index (χ2v) is 7.19. The molecule has 1 heterocycles. The molecule has 25 heavy (non-hydrogen) atoms. The second kappa shape index (κ2) is 6.48. The highest BCUT2D eigenvalue weighted by molar-refractivity contribution is 5.69. The first-order chi connectivity index (χ1) is 11.4. The molecular weight excluding hydrogens is 342 g/mol. The number of nitrogens with zero attached hydrogens (tertiary/aromatic N) is 1. The van der Waals surface area contributed by atoms with E-state index in [0.29, 0.717) is 0 Å². The highest BCUT2D eigenvalue weighted by Gasteiger charge is 2.48. The number of ether oxygens (including phenoxy) is 1. The van der Waals surface area contributed by atoms with Gasteiger partial charge in [0.15, 0.2) is 5.67 Å². The van der Waals surface area contributed by atoms with Gasteiger partial charge in [0, 0.05) is 6.42 Å². The Kier molecular flexibility index (Phi) is 5.05. The van der Waals surface area contributed by atoms with Gasteiger partial charge in [-0.05, 0) is 38.5 Å². The first kappa shape index (κ1) is 19.5. The Balaban J connectivity index is 2.23. The van der Waals surface area contributed by atoms with Gasteiger partial charge >= 0.3 is 12.3 Å². The molecule has 0 bridgehead atoms. The van der Waals surface area contributed by atoms with Crippen molar-refractivity contribution in [2.24, 2.45) is 0 Å². The molecule has 1 aromatic rings. The van der Waals surface area contributed by atoms with Gasteiger partial charge in [-0.15, -0.1) is 0 Å². The minimum absolute atomic E-state index is 0.0324. The van der Waals surface area contributed by atoms with Gasteiger partial charge in [-0.3, -0.25) is 4.90 Å².